The third-order valence-corrected chi connectivity index (χ3v) is 3.84. The van der Waals surface area contributed by atoms with Gasteiger partial charge in [-0.1, -0.05) is 27.7 Å². The normalized spacial score (nSPS) is 17.0. The van der Waals surface area contributed by atoms with Crippen molar-refractivity contribution in [3.05, 3.63) is 0 Å². The smallest absolute Gasteiger partial charge is 0.317 e. The van der Waals surface area contributed by atoms with Crippen LogP contribution in [0.4, 0.5) is 4.79 Å². The number of hydrogen-bond donors (Lipinski definition) is 1. The van der Waals surface area contributed by atoms with Gasteiger partial charge in [0, 0.05) is 19.6 Å². The van der Waals surface area contributed by atoms with Crippen molar-refractivity contribution in [1.29, 1.82) is 0 Å². The van der Waals surface area contributed by atoms with Gasteiger partial charge in [0.05, 0.1) is 0 Å². The second kappa shape index (κ2) is 6.87. The number of piperidine rings is 1. The molecule has 3 nitrogen and oxygen atoms in total. The van der Waals surface area contributed by atoms with Gasteiger partial charge < -0.3 is 10.2 Å². The molecule has 0 atom stereocenters. The minimum Gasteiger partial charge on any atom is -0.338 e. The fraction of sp³-hybridized carbons (Fsp3) is 0.929. The van der Waals surface area contributed by atoms with E-state index in [0.717, 1.165) is 32.5 Å². The van der Waals surface area contributed by atoms with Crippen LogP contribution in [-0.4, -0.2) is 30.6 Å². The van der Waals surface area contributed by atoms with Crippen LogP contribution in [0.2, 0.25) is 0 Å². The maximum atomic E-state index is 12.0. The van der Waals surface area contributed by atoms with E-state index in [2.05, 4.69) is 33.0 Å². The summed E-state index contributed by atoms with van der Waals surface area (Å²) in [5.74, 6) is 1.82. The van der Waals surface area contributed by atoms with E-state index in [0.29, 0.717) is 17.8 Å². The molecule has 1 saturated heterocycles. The number of nitrogens with one attached hydrogen (secondary N) is 1. The SMILES string of the molecule is CC(C)C(CNC(=O)N1CCCCC1)C(C)C. The van der Waals surface area contributed by atoms with E-state index in [1.807, 2.05) is 4.90 Å². The lowest BCUT2D eigenvalue weighted by Crippen LogP contribution is -2.45. The summed E-state index contributed by atoms with van der Waals surface area (Å²) in [5.41, 5.74) is 0. The molecule has 1 heterocycles. The molecule has 2 amide bonds. The molecule has 0 radical (unpaired) electrons. The Hall–Kier alpha value is -0.730. The summed E-state index contributed by atoms with van der Waals surface area (Å²) in [6, 6.07) is 0.135. The molecular formula is C14H28N2O. The molecule has 0 unspecified atom stereocenters. The van der Waals surface area contributed by atoms with Crippen LogP contribution in [-0.2, 0) is 0 Å². The third kappa shape index (κ3) is 4.57. The Morgan fingerprint density at radius 2 is 1.59 bits per heavy atom. The molecule has 0 spiro atoms. The Labute approximate surface area is 106 Å². The molecule has 1 rings (SSSR count). The van der Waals surface area contributed by atoms with Crippen LogP contribution >= 0.6 is 0 Å². The summed E-state index contributed by atoms with van der Waals surface area (Å²) in [7, 11) is 0. The molecule has 0 bridgehead atoms. The minimum absolute atomic E-state index is 0.135. The van der Waals surface area contributed by atoms with E-state index in [1.165, 1.54) is 6.42 Å². The number of carbonyl (C=O) groups excluding carboxylic acids is 1. The first-order valence-corrected chi connectivity index (χ1v) is 7.05. The van der Waals surface area contributed by atoms with Crippen molar-refractivity contribution in [1.82, 2.24) is 10.2 Å². The van der Waals surface area contributed by atoms with Crippen molar-refractivity contribution in [2.75, 3.05) is 19.6 Å². The van der Waals surface area contributed by atoms with Gasteiger partial charge in [-0.3, -0.25) is 0 Å². The number of rotatable bonds is 4. The molecule has 0 aliphatic carbocycles. The van der Waals surface area contributed by atoms with E-state index in [4.69, 9.17) is 0 Å². The molecule has 3 heteroatoms. The predicted molar refractivity (Wildman–Crippen MR) is 72.0 cm³/mol. The Kier molecular flexibility index (Phi) is 5.79. The second-order valence-corrected chi connectivity index (χ2v) is 5.89. The van der Waals surface area contributed by atoms with Gasteiger partial charge in [0.1, 0.15) is 0 Å². The lowest BCUT2D eigenvalue weighted by atomic mass is 9.85. The van der Waals surface area contributed by atoms with Crippen LogP contribution in [0.3, 0.4) is 0 Å². The molecule has 1 aliphatic heterocycles. The summed E-state index contributed by atoms with van der Waals surface area (Å²) in [6.45, 7) is 11.6. The van der Waals surface area contributed by atoms with Gasteiger partial charge in [-0.05, 0) is 37.0 Å². The van der Waals surface area contributed by atoms with Crippen LogP contribution in [0, 0.1) is 17.8 Å². The zero-order valence-corrected chi connectivity index (χ0v) is 11.8. The molecule has 0 saturated carbocycles. The largest absolute Gasteiger partial charge is 0.338 e. The second-order valence-electron chi connectivity index (χ2n) is 5.89. The highest BCUT2D eigenvalue weighted by molar-refractivity contribution is 5.74. The van der Waals surface area contributed by atoms with E-state index >= 15 is 0 Å². The number of urea groups is 1. The van der Waals surface area contributed by atoms with E-state index in [-0.39, 0.29) is 6.03 Å². The average molecular weight is 240 g/mol. The molecule has 0 aromatic rings. The van der Waals surface area contributed by atoms with Crippen LogP contribution in [0.5, 0.6) is 0 Å². The molecular weight excluding hydrogens is 212 g/mol. The lowest BCUT2D eigenvalue weighted by Gasteiger charge is -2.30. The first-order valence-electron chi connectivity index (χ1n) is 7.05. The van der Waals surface area contributed by atoms with Gasteiger partial charge in [-0.25, -0.2) is 4.79 Å². The topological polar surface area (TPSA) is 32.3 Å². The highest BCUT2D eigenvalue weighted by Gasteiger charge is 2.21. The first kappa shape index (κ1) is 14.3. The highest BCUT2D eigenvalue weighted by atomic mass is 16.2. The van der Waals surface area contributed by atoms with Gasteiger partial charge in [0.2, 0.25) is 0 Å². The van der Waals surface area contributed by atoms with E-state index in [1.54, 1.807) is 0 Å². The van der Waals surface area contributed by atoms with Crippen LogP contribution < -0.4 is 5.32 Å². The molecule has 1 N–H and O–H groups in total. The van der Waals surface area contributed by atoms with Crippen LogP contribution in [0.15, 0.2) is 0 Å². The van der Waals surface area contributed by atoms with Crippen LogP contribution in [0.1, 0.15) is 47.0 Å². The average Bonchev–Trinajstić information content (AvgIpc) is 2.29. The van der Waals surface area contributed by atoms with Crippen molar-refractivity contribution in [2.24, 2.45) is 17.8 Å². The van der Waals surface area contributed by atoms with Crippen molar-refractivity contribution in [3.63, 3.8) is 0 Å². The standard InChI is InChI=1S/C14H28N2O/c1-11(2)13(12(3)4)10-15-14(17)16-8-6-5-7-9-16/h11-13H,5-10H2,1-4H3,(H,15,17). The Balaban J connectivity index is 2.35. The van der Waals surface area contributed by atoms with E-state index < -0.39 is 0 Å². The predicted octanol–water partition coefficient (Wildman–Crippen LogP) is 3.11. The number of hydrogen-bond acceptors (Lipinski definition) is 1. The first-order chi connectivity index (χ1) is 8.02. The zero-order chi connectivity index (χ0) is 12.8. The third-order valence-electron chi connectivity index (χ3n) is 3.84. The fourth-order valence-corrected chi connectivity index (χ4v) is 2.66. The number of carbonyl (C=O) groups is 1. The van der Waals surface area contributed by atoms with Crippen LogP contribution in [0.25, 0.3) is 0 Å². The van der Waals surface area contributed by atoms with Gasteiger partial charge in [-0.15, -0.1) is 0 Å². The molecule has 100 valence electrons. The quantitative estimate of drug-likeness (QED) is 0.804. The Bertz CT molecular complexity index is 224. The summed E-state index contributed by atoms with van der Waals surface area (Å²) in [5, 5.41) is 3.10. The van der Waals surface area contributed by atoms with Crippen molar-refractivity contribution >= 4 is 6.03 Å². The number of likely N-dealkylation sites (tertiary alicyclic amines) is 1. The molecule has 1 fully saturated rings. The lowest BCUT2D eigenvalue weighted by molar-refractivity contribution is 0.179. The maximum Gasteiger partial charge on any atom is 0.317 e. The summed E-state index contributed by atoms with van der Waals surface area (Å²) < 4.78 is 0. The number of nitrogens with zero attached hydrogens (tertiary/aromatic N) is 1. The van der Waals surface area contributed by atoms with Gasteiger partial charge >= 0.3 is 6.03 Å². The van der Waals surface area contributed by atoms with Crippen molar-refractivity contribution < 1.29 is 4.79 Å². The molecule has 0 aromatic heterocycles. The Morgan fingerprint density at radius 1 is 1.06 bits per heavy atom. The number of amides is 2. The molecule has 17 heavy (non-hydrogen) atoms. The van der Waals surface area contributed by atoms with Gasteiger partial charge in [0.25, 0.3) is 0 Å². The monoisotopic (exact) mass is 240 g/mol. The molecule has 1 aliphatic rings. The van der Waals surface area contributed by atoms with Crippen molar-refractivity contribution in [2.45, 2.75) is 47.0 Å². The van der Waals surface area contributed by atoms with E-state index in [9.17, 15) is 4.79 Å². The fourth-order valence-electron chi connectivity index (χ4n) is 2.66. The van der Waals surface area contributed by atoms with Crippen molar-refractivity contribution in [3.8, 4) is 0 Å². The summed E-state index contributed by atoms with van der Waals surface area (Å²) in [6.07, 6.45) is 3.58. The Morgan fingerprint density at radius 3 is 2.06 bits per heavy atom. The summed E-state index contributed by atoms with van der Waals surface area (Å²) >= 11 is 0. The van der Waals surface area contributed by atoms with Gasteiger partial charge in [0.15, 0.2) is 0 Å². The summed E-state index contributed by atoms with van der Waals surface area (Å²) in [4.78, 5) is 13.9. The highest BCUT2D eigenvalue weighted by Crippen LogP contribution is 2.19. The maximum absolute atomic E-state index is 12.0. The van der Waals surface area contributed by atoms with Gasteiger partial charge in [-0.2, -0.15) is 0 Å². The zero-order valence-electron chi connectivity index (χ0n) is 11.8. The molecule has 0 aromatic carbocycles. The minimum atomic E-state index is 0.135.